The van der Waals surface area contributed by atoms with Gasteiger partial charge >= 0.3 is 5.97 Å². The van der Waals surface area contributed by atoms with Crippen LogP contribution in [0.2, 0.25) is 0 Å². The van der Waals surface area contributed by atoms with Gasteiger partial charge in [0.2, 0.25) is 0 Å². The summed E-state index contributed by atoms with van der Waals surface area (Å²) in [5.74, 6) is -0.284. The van der Waals surface area contributed by atoms with Crippen LogP contribution in [0.25, 0.3) is 0 Å². The maximum Gasteiger partial charge on any atom is 0.325 e. The molecule has 0 atom stereocenters. The molecule has 0 radical (unpaired) electrons. The first-order chi connectivity index (χ1) is 5.83. The van der Waals surface area contributed by atoms with Crippen LogP contribution in [0.4, 0.5) is 0 Å². The maximum absolute atomic E-state index is 10.8. The van der Waals surface area contributed by atoms with E-state index in [1.807, 2.05) is 0 Å². The lowest BCUT2D eigenvalue weighted by molar-refractivity contribution is -0.140. The van der Waals surface area contributed by atoms with Gasteiger partial charge in [-0.25, -0.2) is 4.99 Å². The van der Waals surface area contributed by atoms with Crippen LogP contribution < -0.4 is 0 Å². The second-order valence-corrected chi connectivity index (χ2v) is 2.20. The Balaban J connectivity index is 2.48. The van der Waals surface area contributed by atoms with Crippen molar-refractivity contribution >= 4 is 12.3 Å². The molecule has 0 aliphatic carbocycles. The zero-order chi connectivity index (χ0) is 8.81. The monoisotopic (exact) mass is 166 g/mol. The van der Waals surface area contributed by atoms with E-state index in [1.165, 1.54) is 7.11 Å². The van der Waals surface area contributed by atoms with Crippen LogP contribution in [-0.4, -0.2) is 30.9 Å². The highest BCUT2D eigenvalue weighted by Crippen LogP contribution is 1.93. The zero-order valence-corrected chi connectivity index (χ0v) is 6.80. The number of nitrogens with zero attached hydrogens (tertiary/aromatic N) is 2. The summed E-state index contributed by atoms with van der Waals surface area (Å²) in [6, 6.07) is 0. The van der Waals surface area contributed by atoms with E-state index in [2.05, 4.69) is 9.73 Å². The van der Waals surface area contributed by atoms with Gasteiger partial charge in [0.15, 0.2) is 0 Å². The number of ether oxygens (including phenoxy) is 1. The Labute approximate surface area is 70.8 Å². The number of hydrogen-bond acceptors (Lipinski definition) is 4. The van der Waals surface area contributed by atoms with Crippen molar-refractivity contribution in [1.29, 1.82) is 0 Å². The molecule has 0 bridgehead atoms. The van der Waals surface area contributed by atoms with E-state index in [0.29, 0.717) is 0 Å². The average Bonchev–Trinajstić information content (AvgIpc) is 2.33. The van der Waals surface area contributed by atoms with Gasteiger partial charge in [-0.05, 0) is 12.2 Å². The fourth-order valence-corrected chi connectivity index (χ4v) is 0.729. The van der Waals surface area contributed by atoms with Gasteiger partial charge in [-0.15, -0.1) is 0 Å². The van der Waals surface area contributed by atoms with E-state index >= 15 is 0 Å². The van der Waals surface area contributed by atoms with Crippen molar-refractivity contribution in [3.8, 4) is 0 Å². The summed E-state index contributed by atoms with van der Waals surface area (Å²) < 4.78 is 4.50. The number of carbonyl (C=O) groups is 1. The molecule has 0 amide bonds. The third-order valence-electron chi connectivity index (χ3n) is 1.32. The Kier molecular flexibility index (Phi) is 3.07. The van der Waals surface area contributed by atoms with Gasteiger partial charge in [0.1, 0.15) is 6.54 Å². The zero-order valence-electron chi connectivity index (χ0n) is 6.80. The molecule has 0 unspecified atom stereocenters. The van der Waals surface area contributed by atoms with Crippen LogP contribution in [0.3, 0.4) is 0 Å². The molecule has 1 aliphatic heterocycles. The van der Waals surface area contributed by atoms with E-state index in [4.69, 9.17) is 0 Å². The van der Waals surface area contributed by atoms with Crippen LogP contribution in [0.1, 0.15) is 0 Å². The highest BCUT2D eigenvalue weighted by Gasteiger charge is 2.03. The molecular formula is C8H10N2O2. The summed E-state index contributed by atoms with van der Waals surface area (Å²) >= 11 is 0. The minimum Gasteiger partial charge on any atom is -0.468 e. The fraction of sp³-hybridized carbons (Fsp3) is 0.250. The lowest BCUT2D eigenvalue weighted by Gasteiger charge is -2.10. The third kappa shape index (κ3) is 2.57. The number of rotatable bonds is 2. The predicted octanol–water partition coefficient (Wildman–Crippen LogP) is 0.531. The number of carbonyl (C=O) groups excluding carboxylic acids is 1. The molecule has 0 aromatic heterocycles. The molecule has 0 N–H and O–H groups in total. The van der Waals surface area contributed by atoms with Crippen molar-refractivity contribution in [1.82, 2.24) is 4.90 Å². The van der Waals surface area contributed by atoms with Crippen LogP contribution in [0.5, 0.6) is 0 Å². The van der Waals surface area contributed by atoms with Gasteiger partial charge in [-0.1, -0.05) is 0 Å². The van der Waals surface area contributed by atoms with E-state index < -0.39 is 0 Å². The molecule has 0 fully saturated rings. The Bertz CT molecular complexity index is 227. The van der Waals surface area contributed by atoms with Gasteiger partial charge < -0.3 is 9.64 Å². The van der Waals surface area contributed by atoms with Crippen LogP contribution >= 0.6 is 0 Å². The first-order valence-corrected chi connectivity index (χ1v) is 3.52. The number of hydrogen-bond donors (Lipinski definition) is 0. The second kappa shape index (κ2) is 4.33. The number of esters is 1. The molecule has 0 saturated carbocycles. The quantitative estimate of drug-likeness (QED) is 0.562. The molecule has 12 heavy (non-hydrogen) atoms. The van der Waals surface area contributed by atoms with Gasteiger partial charge in [-0.2, -0.15) is 0 Å². The third-order valence-corrected chi connectivity index (χ3v) is 1.32. The Morgan fingerprint density at radius 1 is 1.58 bits per heavy atom. The second-order valence-electron chi connectivity index (χ2n) is 2.20. The van der Waals surface area contributed by atoms with Gasteiger partial charge in [-0.3, -0.25) is 4.79 Å². The Hall–Kier alpha value is -1.58. The molecule has 0 aromatic rings. The molecule has 4 nitrogen and oxygen atoms in total. The molecule has 1 rings (SSSR count). The van der Waals surface area contributed by atoms with Crippen molar-refractivity contribution in [2.24, 2.45) is 4.99 Å². The van der Waals surface area contributed by atoms with E-state index in [-0.39, 0.29) is 12.5 Å². The minimum absolute atomic E-state index is 0.193. The standard InChI is InChI=1S/C8H10N2O2/c1-12-8(11)6-10-5-3-2-4-9-7-10/h2-5,7H,6H2,1H3. The largest absolute Gasteiger partial charge is 0.468 e. The first-order valence-electron chi connectivity index (χ1n) is 3.52. The maximum atomic E-state index is 10.8. The molecular weight excluding hydrogens is 156 g/mol. The summed E-state index contributed by atoms with van der Waals surface area (Å²) in [6.07, 6.45) is 8.55. The SMILES string of the molecule is COC(=O)CN1C=CC=CN=C1. The molecule has 64 valence electrons. The van der Waals surface area contributed by atoms with Crippen molar-refractivity contribution in [3.05, 3.63) is 24.6 Å². The van der Waals surface area contributed by atoms with E-state index in [1.54, 1.807) is 35.8 Å². The number of methoxy groups -OCH3 is 1. The smallest absolute Gasteiger partial charge is 0.325 e. The average molecular weight is 166 g/mol. The molecule has 0 aromatic carbocycles. The van der Waals surface area contributed by atoms with E-state index in [0.717, 1.165) is 0 Å². The van der Waals surface area contributed by atoms with Crippen molar-refractivity contribution in [2.45, 2.75) is 0 Å². The topological polar surface area (TPSA) is 41.9 Å². The summed E-state index contributed by atoms with van der Waals surface area (Å²) in [4.78, 5) is 16.3. The number of allylic oxidation sites excluding steroid dienone is 2. The molecule has 0 saturated heterocycles. The lowest BCUT2D eigenvalue weighted by Crippen LogP contribution is -2.24. The van der Waals surface area contributed by atoms with Crippen LogP contribution in [0.15, 0.2) is 29.5 Å². The lowest BCUT2D eigenvalue weighted by atomic mass is 10.5. The highest BCUT2D eigenvalue weighted by atomic mass is 16.5. The Morgan fingerprint density at radius 3 is 3.17 bits per heavy atom. The minimum atomic E-state index is -0.284. The summed E-state index contributed by atoms with van der Waals surface area (Å²) in [5.41, 5.74) is 0. The van der Waals surface area contributed by atoms with Gasteiger partial charge in [0.05, 0.1) is 13.4 Å². The van der Waals surface area contributed by atoms with Crippen LogP contribution in [-0.2, 0) is 9.53 Å². The van der Waals surface area contributed by atoms with Crippen molar-refractivity contribution < 1.29 is 9.53 Å². The van der Waals surface area contributed by atoms with Crippen molar-refractivity contribution in [2.75, 3.05) is 13.7 Å². The normalized spacial score (nSPS) is 14.6. The summed E-state index contributed by atoms with van der Waals surface area (Å²) in [6.45, 7) is 0.193. The first kappa shape index (κ1) is 8.52. The van der Waals surface area contributed by atoms with Crippen LogP contribution in [0, 0.1) is 0 Å². The number of aliphatic imine (C=N–C) groups is 1. The molecule has 1 aliphatic rings. The van der Waals surface area contributed by atoms with Gasteiger partial charge in [0, 0.05) is 12.4 Å². The highest BCUT2D eigenvalue weighted by molar-refractivity contribution is 5.75. The fourth-order valence-electron chi connectivity index (χ4n) is 0.729. The predicted molar refractivity (Wildman–Crippen MR) is 45.5 cm³/mol. The molecule has 0 spiro atoms. The van der Waals surface area contributed by atoms with E-state index in [9.17, 15) is 4.79 Å². The summed E-state index contributed by atoms with van der Waals surface area (Å²) in [7, 11) is 1.36. The molecule has 4 heteroatoms. The van der Waals surface area contributed by atoms with Gasteiger partial charge in [0.25, 0.3) is 0 Å². The Morgan fingerprint density at radius 2 is 2.42 bits per heavy atom. The molecule has 1 heterocycles. The van der Waals surface area contributed by atoms with Crippen molar-refractivity contribution in [3.63, 3.8) is 0 Å². The summed E-state index contributed by atoms with van der Waals surface area (Å²) in [5, 5.41) is 0.